The van der Waals surface area contributed by atoms with Crippen LogP contribution >= 0.6 is 22.6 Å². The number of hydrogen-bond acceptors (Lipinski definition) is 2. The van der Waals surface area contributed by atoms with Crippen LogP contribution in [0.2, 0.25) is 0 Å². The molecule has 0 aliphatic carbocycles. The monoisotopic (exact) mass is 371 g/mol. The minimum Gasteiger partial charge on any atom is -0.350 e. The Bertz CT molecular complexity index is 398. The fraction of sp³-hybridized carbons (Fsp3) is 0.500. The van der Waals surface area contributed by atoms with Crippen LogP contribution in [0, 0.1) is 0 Å². The minimum absolute atomic E-state index is 0.0418. The van der Waals surface area contributed by atoms with Gasteiger partial charge in [-0.15, -0.1) is 0 Å². The SMILES string of the molecule is FC(F)(F)C1(CCI)N[C@H](c2ccccc2)CO1. The largest absolute Gasteiger partial charge is 0.431 e. The quantitative estimate of drug-likeness (QED) is 0.650. The molecule has 18 heavy (non-hydrogen) atoms. The van der Waals surface area contributed by atoms with Gasteiger partial charge < -0.3 is 4.74 Å². The van der Waals surface area contributed by atoms with E-state index in [9.17, 15) is 13.2 Å². The molecule has 0 saturated carbocycles. The molecule has 6 heteroatoms. The number of benzene rings is 1. The maximum Gasteiger partial charge on any atom is 0.431 e. The van der Waals surface area contributed by atoms with Crippen molar-refractivity contribution in [1.29, 1.82) is 0 Å². The Morgan fingerprint density at radius 1 is 1.33 bits per heavy atom. The van der Waals surface area contributed by atoms with Gasteiger partial charge in [-0.1, -0.05) is 52.9 Å². The van der Waals surface area contributed by atoms with E-state index in [0.29, 0.717) is 4.43 Å². The fourth-order valence-electron chi connectivity index (χ4n) is 2.04. The van der Waals surface area contributed by atoms with Crippen LogP contribution in [0.15, 0.2) is 30.3 Å². The first-order chi connectivity index (χ1) is 8.48. The summed E-state index contributed by atoms with van der Waals surface area (Å²) in [6.45, 7) is 0.0418. The third-order valence-corrected chi connectivity index (χ3v) is 3.55. The van der Waals surface area contributed by atoms with Crippen LogP contribution in [-0.2, 0) is 4.74 Å². The van der Waals surface area contributed by atoms with E-state index >= 15 is 0 Å². The van der Waals surface area contributed by atoms with Gasteiger partial charge in [0.2, 0.25) is 5.72 Å². The molecule has 100 valence electrons. The third kappa shape index (κ3) is 2.65. The normalized spacial score (nSPS) is 28.6. The Kier molecular flexibility index (Phi) is 4.18. The molecule has 0 spiro atoms. The van der Waals surface area contributed by atoms with E-state index in [1.807, 2.05) is 40.8 Å². The van der Waals surface area contributed by atoms with Crippen LogP contribution in [0.25, 0.3) is 0 Å². The van der Waals surface area contributed by atoms with Gasteiger partial charge in [0.25, 0.3) is 0 Å². The van der Waals surface area contributed by atoms with Gasteiger partial charge in [-0.05, 0) is 5.56 Å². The molecule has 2 rings (SSSR count). The lowest BCUT2D eigenvalue weighted by atomic mass is 10.1. The van der Waals surface area contributed by atoms with Crippen LogP contribution in [0.1, 0.15) is 18.0 Å². The van der Waals surface area contributed by atoms with Crippen molar-refractivity contribution in [3.05, 3.63) is 35.9 Å². The molecule has 1 N–H and O–H groups in total. The molecule has 1 aliphatic heterocycles. The number of hydrogen-bond donors (Lipinski definition) is 1. The van der Waals surface area contributed by atoms with Gasteiger partial charge in [0.1, 0.15) is 0 Å². The lowest BCUT2D eigenvalue weighted by molar-refractivity contribution is -0.271. The second-order valence-electron chi connectivity index (χ2n) is 4.18. The summed E-state index contributed by atoms with van der Waals surface area (Å²) in [4.78, 5) is 0. The zero-order valence-electron chi connectivity index (χ0n) is 9.51. The Labute approximate surface area is 117 Å². The highest BCUT2D eigenvalue weighted by Gasteiger charge is 2.59. The molecule has 1 aromatic rings. The van der Waals surface area contributed by atoms with Crippen molar-refractivity contribution in [3.63, 3.8) is 0 Å². The number of alkyl halides is 4. The van der Waals surface area contributed by atoms with E-state index in [0.717, 1.165) is 5.56 Å². The van der Waals surface area contributed by atoms with Crippen LogP contribution in [0.5, 0.6) is 0 Å². The zero-order chi connectivity index (χ0) is 13.2. The molecule has 0 amide bonds. The van der Waals surface area contributed by atoms with Crippen molar-refractivity contribution in [2.45, 2.75) is 24.4 Å². The summed E-state index contributed by atoms with van der Waals surface area (Å²) >= 11 is 1.93. The average Bonchev–Trinajstić information content (AvgIpc) is 2.76. The van der Waals surface area contributed by atoms with Crippen molar-refractivity contribution in [2.75, 3.05) is 11.0 Å². The molecule has 0 bridgehead atoms. The Morgan fingerprint density at radius 2 is 2.00 bits per heavy atom. The van der Waals surface area contributed by atoms with Crippen LogP contribution in [0.4, 0.5) is 13.2 Å². The molecule has 2 nitrogen and oxygen atoms in total. The van der Waals surface area contributed by atoms with Crippen molar-refractivity contribution < 1.29 is 17.9 Å². The summed E-state index contributed by atoms with van der Waals surface area (Å²) in [5, 5.41) is 2.61. The van der Waals surface area contributed by atoms with E-state index in [2.05, 4.69) is 5.32 Å². The molecule has 0 radical (unpaired) electrons. The Morgan fingerprint density at radius 3 is 2.56 bits per heavy atom. The molecule has 1 fully saturated rings. The standard InChI is InChI=1S/C12H13F3INO/c13-12(14,15)11(6-7-16)17-10(8-18-11)9-4-2-1-3-5-9/h1-5,10,17H,6-8H2/t10-,11?/m0/s1. The molecule has 1 heterocycles. The first-order valence-corrected chi connectivity index (χ1v) is 7.10. The highest BCUT2D eigenvalue weighted by molar-refractivity contribution is 14.1. The van der Waals surface area contributed by atoms with Gasteiger partial charge in [-0.25, -0.2) is 0 Å². The van der Waals surface area contributed by atoms with E-state index in [1.165, 1.54) is 0 Å². The molecule has 1 aliphatic rings. The highest BCUT2D eigenvalue weighted by atomic mass is 127. The van der Waals surface area contributed by atoms with Crippen molar-refractivity contribution >= 4 is 22.6 Å². The molecular weight excluding hydrogens is 358 g/mol. The molecule has 1 saturated heterocycles. The van der Waals surface area contributed by atoms with Crippen molar-refractivity contribution in [3.8, 4) is 0 Å². The summed E-state index contributed by atoms with van der Waals surface area (Å²) < 4.78 is 44.8. The minimum atomic E-state index is -4.40. The highest BCUT2D eigenvalue weighted by Crippen LogP contribution is 2.41. The first-order valence-electron chi connectivity index (χ1n) is 5.58. The number of nitrogens with one attached hydrogen (secondary N) is 1. The van der Waals surface area contributed by atoms with Crippen molar-refractivity contribution in [2.24, 2.45) is 0 Å². The summed E-state index contributed by atoms with van der Waals surface area (Å²) in [5.74, 6) is 0. The molecule has 1 aromatic carbocycles. The third-order valence-electron chi connectivity index (χ3n) is 3.01. The van der Waals surface area contributed by atoms with Gasteiger partial charge in [-0.2, -0.15) is 13.2 Å². The number of ether oxygens (including phenoxy) is 1. The lowest BCUT2D eigenvalue weighted by Crippen LogP contribution is -2.54. The molecular formula is C12H13F3INO. The van der Waals surface area contributed by atoms with E-state index in [-0.39, 0.29) is 13.0 Å². The molecule has 2 atom stereocenters. The van der Waals surface area contributed by atoms with E-state index in [1.54, 1.807) is 12.1 Å². The van der Waals surface area contributed by atoms with Crippen LogP contribution in [-0.4, -0.2) is 22.9 Å². The predicted octanol–water partition coefficient (Wildman–Crippen LogP) is 3.43. The zero-order valence-corrected chi connectivity index (χ0v) is 11.7. The van der Waals surface area contributed by atoms with Gasteiger partial charge in [0.05, 0.1) is 12.6 Å². The van der Waals surface area contributed by atoms with Crippen LogP contribution < -0.4 is 5.32 Å². The lowest BCUT2D eigenvalue weighted by Gasteiger charge is -2.30. The fourth-order valence-corrected chi connectivity index (χ4v) is 2.80. The molecule has 0 aromatic heterocycles. The summed E-state index contributed by atoms with van der Waals surface area (Å²) in [7, 11) is 0. The maximum absolute atomic E-state index is 13.1. The van der Waals surface area contributed by atoms with Gasteiger partial charge in [-0.3, -0.25) is 5.32 Å². The van der Waals surface area contributed by atoms with Gasteiger partial charge in [0.15, 0.2) is 0 Å². The molecule has 1 unspecified atom stereocenters. The topological polar surface area (TPSA) is 21.3 Å². The first kappa shape index (κ1) is 14.1. The van der Waals surface area contributed by atoms with Crippen molar-refractivity contribution in [1.82, 2.24) is 5.32 Å². The van der Waals surface area contributed by atoms with Gasteiger partial charge >= 0.3 is 6.18 Å². The average molecular weight is 371 g/mol. The predicted molar refractivity (Wildman–Crippen MR) is 70.6 cm³/mol. The summed E-state index contributed by atoms with van der Waals surface area (Å²) in [6.07, 6.45) is -4.48. The number of rotatable bonds is 3. The van der Waals surface area contributed by atoms with E-state index < -0.39 is 17.9 Å². The summed E-state index contributed by atoms with van der Waals surface area (Å²) in [6, 6.07) is 8.65. The summed E-state index contributed by atoms with van der Waals surface area (Å²) in [5.41, 5.74) is -1.38. The van der Waals surface area contributed by atoms with Crippen LogP contribution in [0.3, 0.4) is 0 Å². The van der Waals surface area contributed by atoms with E-state index in [4.69, 9.17) is 4.74 Å². The Hall–Kier alpha value is -0.340. The Balaban J connectivity index is 2.19. The second kappa shape index (κ2) is 5.34. The second-order valence-corrected chi connectivity index (χ2v) is 5.26. The maximum atomic E-state index is 13.1. The number of halogens is 4. The smallest absolute Gasteiger partial charge is 0.350 e. The van der Waals surface area contributed by atoms with Gasteiger partial charge in [0, 0.05) is 10.8 Å².